The normalized spacial score (nSPS) is 14.1. The molecule has 0 fully saturated rings. The van der Waals surface area contributed by atoms with Gasteiger partial charge in [-0.1, -0.05) is 24.3 Å². The molecule has 8 nitrogen and oxygen atoms in total. The molecule has 1 aliphatic heterocycles. The average Bonchev–Trinajstić information content (AvgIpc) is 3.34. The monoisotopic (exact) mass is 554 g/mol. The average molecular weight is 555 g/mol. The van der Waals surface area contributed by atoms with Gasteiger partial charge in [0, 0.05) is 37.3 Å². The Hall–Kier alpha value is -3.67. The van der Waals surface area contributed by atoms with Crippen LogP contribution < -0.4 is 4.90 Å². The van der Waals surface area contributed by atoms with Crippen LogP contribution in [-0.4, -0.2) is 62.2 Å². The molecular formula is C28H28F2N4O4S. The number of hydrogen-bond donors (Lipinski definition) is 0. The molecule has 0 atom stereocenters. The van der Waals surface area contributed by atoms with Crippen molar-refractivity contribution in [2.45, 2.75) is 24.3 Å². The van der Waals surface area contributed by atoms with Crippen molar-refractivity contribution in [3.8, 4) is 0 Å². The molecule has 0 N–H and O–H groups in total. The first-order valence-electron chi connectivity index (χ1n) is 12.5. The third-order valence-electron chi connectivity index (χ3n) is 6.70. The van der Waals surface area contributed by atoms with Gasteiger partial charge in [0.05, 0.1) is 4.90 Å². The number of rotatable bonds is 8. The Kier molecular flexibility index (Phi) is 7.48. The zero-order valence-corrected chi connectivity index (χ0v) is 22.4. The summed E-state index contributed by atoms with van der Waals surface area (Å²) >= 11 is 0. The maximum atomic E-state index is 14.3. The number of amides is 1. The van der Waals surface area contributed by atoms with Gasteiger partial charge in [0.15, 0.2) is 11.4 Å². The van der Waals surface area contributed by atoms with Crippen molar-refractivity contribution in [2.75, 3.05) is 38.6 Å². The molecule has 0 saturated carbocycles. The van der Waals surface area contributed by atoms with Crippen LogP contribution in [0.25, 0.3) is 11.1 Å². The summed E-state index contributed by atoms with van der Waals surface area (Å²) in [7, 11) is 0.0108. The molecule has 5 rings (SSSR count). The molecule has 1 aromatic heterocycles. The SMILES string of the molecule is CN(C)CCCN(C(=O)c1ccc(S(=O)(=O)N2CCc3ccccc3C2)cc1)c1nc2cc(F)cc(F)c2o1. The van der Waals surface area contributed by atoms with Crippen molar-refractivity contribution in [3.05, 3.63) is 89.0 Å². The van der Waals surface area contributed by atoms with Crippen LogP contribution in [0.4, 0.5) is 14.8 Å². The Morgan fingerprint density at radius 3 is 2.46 bits per heavy atom. The van der Waals surface area contributed by atoms with E-state index in [2.05, 4.69) is 4.98 Å². The zero-order chi connectivity index (χ0) is 27.7. The molecule has 0 unspecified atom stereocenters. The minimum Gasteiger partial charge on any atom is -0.420 e. The lowest BCUT2D eigenvalue weighted by Crippen LogP contribution is -2.36. The Morgan fingerprint density at radius 2 is 1.74 bits per heavy atom. The summed E-state index contributed by atoms with van der Waals surface area (Å²) in [6.45, 7) is 1.51. The lowest BCUT2D eigenvalue weighted by Gasteiger charge is -2.28. The topological polar surface area (TPSA) is 87.0 Å². The van der Waals surface area contributed by atoms with Crippen LogP contribution in [-0.2, 0) is 23.0 Å². The summed E-state index contributed by atoms with van der Waals surface area (Å²) in [6.07, 6.45) is 1.18. The van der Waals surface area contributed by atoms with Gasteiger partial charge in [0.1, 0.15) is 11.3 Å². The van der Waals surface area contributed by atoms with E-state index in [0.717, 1.165) is 17.2 Å². The molecule has 0 spiro atoms. The zero-order valence-electron chi connectivity index (χ0n) is 21.6. The summed E-state index contributed by atoms with van der Waals surface area (Å²) in [5.41, 5.74) is 2.03. The highest BCUT2D eigenvalue weighted by atomic mass is 32.2. The summed E-state index contributed by atoms with van der Waals surface area (Å²) in [5, 5.41) is 0. The minimum atomic E-state index is -3.77. The van der Waals surface area contributed by atoms with Crippen molar-refractivity contribution in [1.82, 2.24) is 14.2 Å². The van der Waals surface area contributed by atoms with E-state index < -0.39 is 27.6 Å². The fourth-order valence-corrected chi connectivity index (χ4v) is 6.06. The van der Waals surface area contributed by atoms with E-state index in [1.807, 2.05) is 43.3 Å². The molecule has 0 aliphatic carbocycles. The highest BCUT2D eigenvalue weighted by Gasteiger charge is 2.29. The van der Waals surface area contributed by atoms with Gasteiger partial charge in [-0.2, -0.15) is 9.29 Å². The van der Waals surface area contributed by atoms with Crippen molar-refractivity contribution < 1.29 is 26.4 Å². The number of sulfonamides is 1. The molecule has 0 bridgehead atoms. The molecule has 4 aromatic rings. The number of hydrogen-bond acceptors (Lipinski definition) is 6. The highest BCUT2D eigenvalue weighted by molar-refractivity contribution is 7.89. The molecule has 3 aromatic carbocycles. The van der Waals surface area contributed by atoms with E-state index >= 15 is 0 Å². The quantitative estimate of drug-likeness (QED) is 0.320. The standard InChI is InChI=1S/C28H28F2N4O4S/c1-32(2)13-5-14-34(28-31-25-17-22(29)16-24(30)26(25)38-28)27(35)20-8-10-23(11-9-20)39(36,37)33-15-12-19-6-3-4-7-21(19)18-33/h3-4,6-11,16-17H,5,12-15,18H2,1-2H3. The second-order valence-electron chi connectivity index (χ2n) is 9.73. The van der Waals surface area contributed by atoms with Gasteiger partial charge in [-0.25, -0.2) is 17.2 Å². The first kappa shape index (κ1) is 26.9. The number of carbonyl (C=O) groups excluding carboxylic acids is 1. The van der Waals surface area contributed by atoms with Crippen LogP contribution in [0, 0.1) is 11.6 Å². The summed E-state index contributed by atoms with van der Waals surface area (Å²) in [4.78, 5) is 21.0. The maximum absolute atomic E-state index is 14.3. The molecule has 0 saturated heterocycles. The number of anilines is 1. The first-order valence-corrected chi connectivity index (χ1v) is 14.0. The van der Waals surface area contributed by atoms with Crippen molar-refractivity contribution in [3.63, 3.8) is 0 Å². The van der Waals surface area contributed by atoms with E-state index in [1.165, 1.54) is 33.5 Å². The van der Waals surface area contributed by atoms with Gasteiger partial charge in [-0.05, 0) is 68.9 Å². The van der Waals surface area contributed by atoms with Crippen LogP contribution in [0.3, 0.4) is 0 Å². The molecular weight excluding hydrogens is 526 g/mol. The highest BCUT2D eigenvalue weighted by Crippen LogP contribution is 2.28. The number of fused-ring (bicyclic) bond motifs is 2. The fourth-order valence-electron chi connectivity index (χ4n) is 4.64. The number of benzene rings is 3. The number of aromatic nitrogens is 1. The fraction of sp³-hybridized carbons (Fsp3) is 0.286. The Balaban J connectivity index is 1.40. The van der Waals surface area contributed by atoms with Gasteiger partial charge in [-0.3, -0.25) is 9.69 Å². The molecule has 1 aliphatic rings. The van der Waals surface area contributed by atoms with Crippen molar-refractivity contribution in [2.24, 2.45) is 0 Å². The number of oxazole rings is 1. The van der Waals surface area contributed by atoms with E-state index in [9.17, 15) is 22.0 Å². The van der Waals surface area contributed by atoms with Gasteiger partial charge >= 0.3 is 6.01 Å². The minimum absolute atomic E-state index is 0.0440. The second-order valence-corrected chi connectivity index (χ2v) is 11.7. The predicted molar refractivity (Wildman–Crippen MR) is 143 cm³/mol. The molecule has 39 heavy (non-hydrogen) atoms. The predicted octanol–water partition coefficient (Wildman–Crippen LogP) is 4.45. The second kappa shape index (κ2) is 10.8. The third kappa shape index (κ3) is 5.56. The summed E-state index contributed by atoms with van der Waals surface area (Å²) < 4.78 is 61.6. The number of halogens is 2. The smallest absolute Gasteiger partial charge is 0.305 e. The van der Waals surface area contributed by atoms with Crippen LogP contribution in [0.1, 0.15) is 27.9 Å². The van der Waals surface area contributed by atoms with E-state index in [4.69, 9.17) is 4.42 Å². The van der Waals surface area contributed by atoms with Gasteiger partial charge < -0.3 is 9.32 Å². The molecule has 2 heterocycles. The van der Waals surface area contributed by atoms with E-state index in [1.54, 1.807) is 0 Å². The van der Waals surface area contributed by atoms with E-state index in [-0.39, 0.29) is 40.7 Å². The summed E-state index contributed by atoms with van der Waals surface area (Å²) in [5.74, 6) is -2.23. The van der Waals surface area contributed by atoms with Crippen molar-refractivity contribution >= 4 is 33.0 Å². The van der Waals surface area contributed by atoms with Crippen molar-refractivity contribution in [1.29, 1.82) is 0 Å². The van der Waals surface area contributed by atoms with Crippen LogP contribution >= 0.6 is 0 Å². The Morgan fingerprint density at radius 1 is 1.03 bits per heavy atom. The number of nitrogens with zero attached hydrogens (tertiary/aromatic N) is 4. The van der Waals surface area contributed by atoms with E-state index in [0.29, 0.717) is 32.0 Å². The number of carbonyl (C=O) groups is 1. The lowest BCUT2D eigenvalue weighted by atomic mass is 10.0. The summed E-state index contributed by atoms with van der Waals surface area (Å²) in [6, 6.07) is 15.0. The lowest BCUT2D eigenvalue weighted by molar-refractivity contribution is 0.0980. The maximum Gasteiger partial charge on any atom is 0.305 e. The van der Waals surface area contributed by atoms with Gasteiger partial charge in [-0.15, -0.1) is 0 Å². The van der Waals surface area contributed by atoms with Crippen LogP contribution in [0.15, 0.2) is 70.0 Å². The first-order chi connectivity index (χ1) is 18.6. The molecule has 1 amide bonds. The Labute approximate surface area is 225 Å². The molecule has 0 radical (unpaired) electrons. The van der Waals surface area contributed by atoms with Crippen LogP contribution in [0.5, 0.6) is 0 Å². The molecule has 204 valence electrons. The van der Waals surface area contributed by atoms with Gasteiger partial charge in [0.25, 0.3) is 5.91 Å². The van der Waals surface area contributed by atoms with Crippen LogP contribution in [0.2, 0.25) is 0 Å². The van der Waals surface area contributed by atoms with Gasteiger partial charge in [0.2, 0.25) is 10.0 Å². The molecule has 11 heteroatoms. The largest absolute Gasteiger partial charge is 0.420 e. The Bertz CT molecular complexity index is 1620. The third-order valence-corrected chi connectivity index (χ3v) is 8.56.